The van der Waals surface area contributed by atoms with Gasteiger partial charge in [-0.1, -0.05) is 11.6 Å². The number of hydrogen-bond donors (Lipinski definition) is 2. The van der Waals surface area contributed by atoms with Crippen LogP contribution in [0.15, 0.2) is 52.6 Å². The largest absolute Gasteiger partial charge is 0.495 e. The first-order valence-corrected chi connectivity index (χ1v) is 10.2. The van der Waals surface area contributed by atoms with Gasteiger partial charge in [-0.3, -0.25) is 9.71 Å². The highest BCUT2D eigenvalue weighted by atomic mass is 35.5. The van der Waals surface area contributed by atoms with Crippen LogP contribution in [0.5, 0.6) is 11.6 Å². The van der Waals surface area contributed by atoms with Gasteiger partial charge in [0.1, 0.15) is 17.3 Å². The lowest BCUT2D eigenvalue weighted by Crippen LogP contribution is -2.15. The molecule has 0 amide bonds. The summed E-state index contributed by atoms with van der Waals surface area (Å²) in [6.07, 6.45) is 4.34. The maximum atomic E-state index is 12.9. The molecule has 2 heterocycles. The van der Waals surface area contributed by atoms with E-state index in [0.717, 1.165) is 0 Å². The van der Waals surface area contributed by atoms with Crippen LogP contribution in [-0.2, 0) is 10.0 Å². The first kappa shape index (κ1) is 20.0. The predicted molar refractivity (Wildman–Crippen MR) is 108 cm³/mol. The number of hydrogen-bond acceptors (Lipinski definition) is 7. The number of aromatic nitrogens is 1. The minimum absolute atomic E-state index is 0.0851. The molecule has 3 rings (SSSR count). The summed E-state index contributed by atoms with van der Waals surface area (Å²) < 4.78 is 39.0. The summed E-state index contributed by atoms with van der Waals surface area (Å²) in [6.45, 7) is 2.25. The minimum atomic E-state index is -3.98. The summed E-state index contributed by atoms with van der Waals surface area (Å²) in [6, 6.07) is 5.83. The van der Waals surface area contributed by atoms with Gasteiger partial charge in [-0.05, 0) is 43.5 Å². The highest BCUT2D eigenvalue weighted by Gasteiger charge is 2.23. The number of benzene rings is 1. The number of methoxy groups -OCH3 is 1. The molecule has 28 heavy (non-hydrogen) atoms. The van der Waals surface area contributed by atoms with Crippen LogP contribution in [0.2, 0.25) is 5.02 Å². The van der Waals surface area contributed by atoms with Crippen LogP contribution >= 0.6 is 11.6 Å². The number of nitrogens with one attached hydrogen (secondary N) is 1. The van der Waals surface area contributed by atoms with E-state index in [1.807, 2.05) is 6.92 Å². The molecule has 1 unspecified atom stereocenters. The van der Waals surface area contributed by atoms with Crippen LogP contribution < -0.4 is 19.9 Å². The van der Waals surface area contributed by atoms with E-state index in [0.29, 0.717) is 23.8 Å². The van der Waals surface area contributed by atoms with Gasteiger partial charge in [-0.15, -0.1) is 0 Å². The van der Waals surface area contributed by atoms with Crippen molar-refractivity contribution in [3.05, 3.63) is 53.3 Å². The molecule has 1 aliphatic rings. The molecule has 0 aliphatic carbocycles. The molecule has 1 aromatic carbocycles. The molecule has 0 radical (unpaired) electrons. The smallest absolute Gasteiger partial charge is 0.265 e. The number of allylic oxidation sites excluding steroid dienone is 1. The molecule has 10 heteroatoms. The van der Waals surface area contributed by atoms with E-state index in [-0.39, 0.29) is 27.4 Å². The molecule has 0 fully saturated rings. The molecular weight excluding hydrogens is 404 g/mol. The standard InChI is InChI=1S/C18H19ClN4O4S/c1-11-10-27-18-14(15(22-11)5-6-20)8-13(9-21-18)23-28(24,25)17-7-12(19)3-4-16(17)26-2/h3-9,11,23H,10,20H2,1-2H3. The van der Waals surface area contributed by atoms with Crippen LogP contribution in [0.3, 0.4) is 0 Å². The van der Waals surface area contributed by atoms with Crippen LogP contribution in [0.4, 0.5) is 5.69 Å². The average molecular weight is 423 g/mol. The second-order valence-corrected chi connectivity index (χ2v) is 8.10. The van der Waals surface area contributed by atoms with Crippen LogP contribution in [-0.4, -0.2) is 38.9 Å². The van der Waals surface area contributed by atoms with Gasteiger partial charge in [-0.25, -0.2) is 13.4 Å². The SMILES string of the molecule is COc1ccc(Cl)cc1S(=O)(=O)Nc1cnc2c(c1)C(C=CN)=NC(C)CO2. The quantitative estimate of drug-likeness (QED) is 0.765. The average Bonchev–Trinajstić information content (AvgIpc) is 2.81. The number of sulfonamides is 1. The lowest BCUT2D eigenvalue weighted by atomic mass is 10.1. The molecule has 148 valence electrons. The number of fused-ring (bicyclic) bond motifs is 1. The normalized spacial score (nSPS) is 16.7. The van der Waals surface area contributed by atoms with E-state index in [2.05, 4.69) is 14.7 Å². The van der Waals surface area contributed by atoms with E-state index in [9.17, 15) is 8.42 Å². The summed E-state index contributed by atoms with van der Waals surface area (Å²) in [5, 5.41) is 0.270. The van der Waals surface area contributed by atoms with Gasteiger partial charge in [-0.2, -0.15) is 0 Å². The van der Waals surface area contributed by atoms with Crippen molar-refractivity contribution in [2.45, 2.75) is 17.9 Å². The number of anilines is 1. The molecule has 1 aliphatic heterocycles. The van der Waals surface area contributed by atoms with E-state index in [1.54, 1.807) is 18.2 Å². The predicted octanol–water partition coefficient (Wildman–Crippen LogP) is 2.59. The summed E-state index contributed by atoms with van der Waals surface area (Å²) in [5.41, 5.74) is 6.83. The Labute approximate surface area is 168 Å². The highest BCUT2D eigenvalue weighted by Crippen LogP contribution is 2.30. The molecule has 0 spiro atoms. The Kier molecular flexibility index (Phi) is 5.76. The topological polar surface area (TPSA) is 116 Å². The fourth-order valence-electron chi connectivity index (χ4n) is 2.64. The van der Waals surface area contributed by atoms with E-state index in [4.69, 9.17) is 26.8 Å². The van der Waals surface area contributed by atoms with Crippen LogP contribution in [0.1, 0.15) is 12.5 Å². The fraction of sp³-hybridized carbons (Fsp3) is 0.222. The molecule has 1 aromatic heterocycles. The fourth-order valence-corrected chi connectivity index (χ4v) is 4.11. The lowest BCUT2D eigenvalue weighted by Gasteiger charge is -2.13. The molecular formula is C18H19ClN4O4S. The number of halogens is 1. The molecule has 0 saturated heterocycles. The van der Waals surface area contributed by atoms with E-state index >= 15 is 0 Å². The number of nitrogens with zero attached hydrogens (tertiary/aromatic N) is 2. The zero-order chi connectivity index (χ0) is 20.3. The maximum Gasteiger partial charge on any atom is 0.265 e. The zero-order valence-electron chi connectivity index (χ0n) is 15.2. The van der Waals surface area contributed by atoms with Gasteiger partial charge in [0.25, 0.3) is 10.0 Å². The van der Waals surface area contributed by atoms with Crippen LogP contribution in [0, 0.1) is 0 Å². The Morgan fingerprint density at radius 1 is 1.39 bits per heavy atom. The summed E-state index contributed by atoms with van der Waals surface area (Å²) >= 11 is 5.95. The van der Waals surface area contributed by atoms with Gasteiger partial charge in [0, 0.05) is 5.02 Å². The van der Waals surface area contributed by atoms with Crippen molar-refractivity contribution in [2.75, 3.05) is 18.4 Å². The van der Waals surface area contributed by atoms with Crippen molar-refractivity contribution in [3.8, 4) is 11.6 Å². The lowest BCUT2D eigenvalue weighted by molar-refractivity contribution is 0.289. The third-order valence-corrected chi connectivity index (χ3v) is 5.51. The molecule has 0 bridgehead atoms. The monoisotopic (exact) mass is 422 g/mol. The van der Waals surface area contributed by atoms with Crippen molar-refractivity contribution in [1.82, 2.24) is 4.98 Å². The molecule has 2 aromatic rings. The van der Waals surface area contributed by atoms with E-state index in [1.165, 1.54) is 31.6 Å². The summed E-state index contributed by atoms with van der Waals surface area (Å²) in [5.74, 6) is 0.523. The highest BCUT2D eigenvalue weighted by molar-refractivity contribution is 7.92. The van der Waals surface area contributed by atoms with Crippen molar-refractivity contribution < 1.29 is 17.9 Å². The number of nitrogens with two attached hydrogens (primary N) is 1. The third kappa shape index (κ3) is 4.20. The van der Waals surface area contributed by atoms with Crippen molar-refractivity contribution in [1.29, 1.82) is 0 Å². The number of rotatable bonds is 5. The van der Waals surface area contributed by atoms with Crippen LogP contribution in [0.25, 0.3) is 0 Å². The second-order valence-electron chi connectivity index (χ2n) is 6.01. The number of ether oxygens (including phenoxy) is 2. The van der Waals surface area contributed by atoms with Crippen molar-refractivity contribution in [2.24, 2.45) is 10.7 Å². The van der Waals surface area contributed by atoms with Gasteiger partial charge < -0.3 is 15.2 Å². The summed E-state index contributed by atoms with van der Waals surface area (Å²) in [4.78, 5) is 8.65. The Balaban J connectivity index is 2.01. The van der Waals surface area contributed by atoms with Gasteiger partial charge >= 0.3 is 0 Å². The molecule has 0 saturated carbocycles. The minimum Gasteiger partial charge on any atom is -0.495 e. The van der Waals surface area contributed by atoms with Gasteiger partial charge in [0.15, 0.2) is 0 Å². The van der Waals surface area contributed by atoms with Crippen molar-refractivity contribution in [3.63, 3.8) is 0 Å². The Morgan fingerprint density at radius 2 is 2.18 bits per heavy atom. The van der Waals surface area contributed by atoms with Crippen molar-refractivity contribution >= 4 is 33.0 Å². The Morgan fingerprint density at radius 3 is 2.89 bits per heavy atom. The number of aliphatic imine (C=N–C) groups is 1. The van der Waals surface area contributed by atoms with Gasteiger partial charge in [0.05, 0.1) is 36.3 Å². The first-order valence-electron chi connectivity index (χ1n) is 8.29. The first-order chi connectivity index (χ1) is 13.3. The Hall–Kier alpha value is -2.78. The van der Waals surface area contributed by atoms with E-state index < -0.39 is 10.0 Å². The number of pyridine rings is 1. The Bertz CT molecular complexity index is 1050. The molecule has 1 atom stereocenters. The van der Waals surface area contributed by atoms with Gasteiger partial charge in [0.2, 0.25) is 5.88 Å². The third-order valence-electron chi connectivity index (χ3n) is 3.87. The maximum absolute atomic E-state index is 12.9. The molecule has 8 nitrogen and oxygen atoms in total. The molecule has 3 N–H and O–H groups in total. The zero-order valence-corrected chi connectivity index (χ0v) is 16.8. The second kappa shape index (κ2) is 8.07. The summed E-state index contributed by atoms with van der Waals surface area (Å²) in [7, 11) is -2.60.